The highest BCUT2D eigenvalue weighted by Gasteiger charge is 2.33. The molecule has 1 N–H and O–H groups in total. The second kappa shape index (κ2) is 12.3. The third-order valence-corrected chi connectivity index (χ3v) is 7.84. The zero-order valence-corrected chi connectivity index (χ0v) is 24.2. The average molecular weight is 552 g/mol. The number of nitrogens with one attached hydrogen (secondary N) is 1. The Labute approximate surface area is 231 Å². The average Bonchev–Trinajstić information content (AvgIpc) is 2.89. The molecule has 208 valence electrons. The van der Waals surface area contributed by atoms with E-state index >= 15 is 0 Å². The number of sulfonamides is 1. The van der Waals surface area contributed by atoms with Crippen molar-refractivity contribution in [3.63, 3.8) is 0 Å². The number of benzene rings is 3. The van der Waals surface area contributed by atoms with Crippen LogP contribution < -0.4 is 14.4 Å². The van der Waals surface area contributed by atoms with Crippen molar-refractivity contribution in [1.29, 1.82) is 0 Å². The molecule has 0 aromatic heterocycles. The van der Waals surface area contributed by atoms with Crippen LogP contribution in [0.5, 0.6) is 5.75 Å². The van der Waals surface area contributed by atoms with Crippen LogP contribution in [0.25, 0.3) is 0 Å². The molecule has 0 spiro atoms. The van der Waals surface area contributed by atoms with Gasteiger partial charge in [-0.25, -0.2) is 8.42 Å². The maximum Gasteiger partial charge on any atom is 0.264 e. The summed E-state index contributed by atoms with van der Waals surface area (Å²) in [7, 11) is -2.54. The molecular formula is C30H37N3O5S. The Morgan fingerprint density at radius 2 is 1.62 bits per heavy atom. The van der Waals surface area contributed by atoms with E-state index < -0.39 is 34.1 Å². The first-order valence-corrected chi connectivity index (χ1v) is 14.1. The van der Waals surface area contributed by atoms with Crippen molar-refractivity contribution in [1.82, 2.24) is 10.2 Å². The lowest BCUT2D eigenvalue weighted by Crippen LogP contribution is -2.54. The van der Waals surface area contributed by atoms with Crippen molar-refractivity contribution in [2.45, 2.75) is 57.6 Å². The largest absolute Gasteiger partial charge is 0.497 e. The number of nitrogens with zero attached hydrogens (tertiary/aromatic N) is 2. The molecule has 0 aliphatic rings. The van der Waals surface area contributed by atoms with Crippen molar-refractivity contribution < 1.29 is 22.7 Å². The molecular weight excluding hydrogens is 514 g/mol. The van der Waals surface area contributed by atoms with Gasteiger partial charge < -0.3 is 15.0 Å². The summed E-state index contributed by atoms with van der Waals surface area (Å²) in [4.78, 5) is 28.6. The summed E-state index contributed by atoms with van der Waals surface area (Å²) in [5.74, 6) is -0.248. The van der Waals surface area contributed by atoms with E-state index in [1.54, 1.807) is 68.6 Å². The predicted octanol–water partition coefficient (Wildman–Crippen LogP) is 4.53. The fraction of sp³-hybridized carbons (Fsp3) is 0.333. The van der Waals surface area contributed by atoms with E-state index in [4.69, 9.17) is 4.74 Å². The second-order valence-corrected chi connectivity index (χ2v) is 12.3. The molecule has 8 nitrogen and oxygen atoms in total. The molecule has 2 amide bonds. The first kappa shape index (κ1) is 29.7. The minimum Gasteiger partial charge on any atom is -0.497 e. The third-order valence-electron chi connectivity index (χ3n) is 6.05. The van der Waals surface area contributed by atoms with Gasteiger partial charge in [-0.2, -0.15) is 0 Å². The van der Waals surface area contributed by atoms with Crippen molar-refractivity contribution in [2.24, 2.45) is 0 Å². The fourth-order valence-corrected chi connectivity index (χ4v) is 5.48. The molecule has 3 aromatic rings. The number of amides is 2. The summed E-state index contributed by atoms with van der Waals surface area (Å²) in [5, 5.41) is 2.92. The lowest BCUT2D eigenvalue weighted by Gasteiger charge is -2.33. The van der Waals surface area contributed by atoms with Gasteiger partial charge in [0.25, 0.3) is 10.0 Å². The van der Waals surface area contributed by atoms with Crippen molar-refractivity contribution in [3.8, 4) is 5.75 Å². The maximum atomic E-state index is 14.0. The van der Waals surface area contributed by atoms with Crippen molar-refractivity contribution >= 4 is 27.5 Å². The van der Waals surface area contributed by atoms with E-state index in [9.17, 15) is 18.0 Å². The quantitative estimate of drug-likeness (QED) is 0.399. The van der Waals surface area contributed by atoms with Crippen LogP contribution in [0.2, 0.25) is 0 Å². The molecule has 3 rings (SSSR count). The minimum atomic E-state index is -4.09. The highest BCUT2D eigenvalue weighted by atomic mass is 32.2. The van der Waals surface area contributed by atoms with E-state index in [1.807, 2.05) is 39.8 Å². The van der Waals surface area contributed by atoms with Gasteiger partial charge in [-0.3, -0.25) is 13.9 Å². The van der Waals surface area contributed by atoms with Crippen LogP contribution in [-0.2, 0) is 26.2 Å². The SMILES string of the molecule is COc1cccc(CN(C(=O)CN(c2cccc(C)c2)S(=O)(=O)c2ccccc2)C(C)C(=O)NC(C)(C)C)c1. The number of methoxy groups -OCH3 is 1. The molecule has 1 atom stereocenters. The highest BCUT2D eigenvalue weighted by molar-refractivity contribution is 7.92. The molecule has 1 unspecified atom stereocenters. The summed E-state index contributed by atoms with van der Waals surface area (Å²) in [6, 6.07) is 21.3. The first-order chi connectivity index (χ1) is 18.3. The molecule has 0 heterocycles. The van der Waals surface area contributed by atoms with Gasteiger partial charge >= 0.3 is 0 Å². The standard InChI is InChI=1S/C30H37N3O5S/c1-22-12-10-14-25(18-22)33(39(36,37)27-16-8-7-9-17-27)21-28(34)32(23(2)29(35)31-30(3,4)5)20-24-13-11-15-26(19-24)38-6/h7-19,23H,20-21H2,1-6H3,(H,31,35). The molecule has 0 saturated heterocycles. The number of carbonyl (C=O) groups excluding carboxylic acids is 2. The second-order valence-electron chi connectivity index (χ2n) is 10.5. The van der Waals surface area contributed by atoms with E-state index in [0.717, 1.165) is 15.4 Å². The topological polar surface area (TPSA) is 96.0 Å². The smallest absolute Gasteiger partial charge is 0.264 e. The molecule has 0 aliphatic heterocycles. The Balaban J connectivity index is 2.04. The zero-order chi connectivity index (χ0) is 28.8. The molecule has 3 aromatic carbocycles. The van der Waals surface area contributed by atoms with Crippen molar-refractivity contribution in [3.05, 3.63) is 90.0 Å². The number of carbonyl (C=O) groups is 2. The molecule has 9 heteroatoms. The van der Waals surface area contributed by atoms with E-state index in [1.165, 1.54) is 17.0 Å². The van der Waals surface area contributed by atoms with Crippen LogP contribution >= 0.6 is 0 Å². The van der Waals surface area contributed by atoms with Crippen LogP contribution in [-0.4, -0.2) is 50.4 Å². The summed E-state index contributed by atoms with van der Waals surface area (Å²) < 4.78 is 34.0. The number of ether oxygens (including phenoxy) is 1. The number of aryl methyl sites for hydroxylation is 1. The monoisotopic (exact) mass is 551 g/mol. The Hall–Kier alpha value is -3.85. The summed E-state index contributed by atoms with van der Waals surface area (Å²) >= 11 is 0. The van der Waals surface area contributed by atoms with Crippen LogP contribution in [0, 0.1) is 6.92 Å². The van der Waals surface area contributed by atoms with Crippen molar-refractivity contribution in [2.75, 3.05) is 18.0 Å². The van der Waals surface area contributed by atoms with E-state index in [2.05, 4.69) is 5.32 Å². The van der Waals surface area contributed by atoms with Gasteiger partial charge in [0.1, 0.15) is 18.3 Å². The predicted molar refractivity (Wildman–Crippen MR) is 153 cm³/mol. The maximum absolute atomic E-state index is 14.0. The van der Waals surface area contributed by atoms with Gasteiger partial charge in [0, 0.05) is 12.1 Å². The Bertz CT molecular complexity index is 1400. The van der Waals surface area contributed by atoms with Gasteiger partial charge in [-0.05, 0) is 82.1 Å². The van der Waals surface area contributed by atoms with Gasteiger partial charge in [-0.1, -0.05) is 42.5 Å². The summed E-state index contributed by atoms with van der Waals surface area (Å²) in [6.07, 6.45) is 0. The van der Waals surface area contributed by atoms with Crippen LogP contribution in [0.4, 0.5) is 5.69 Å². The Morgan fingerprint density at radius 3 is 2.23 bits per heavy atom. The number of hydrogen-bond acceptors (Lipinski definition) is 5. The van der Waals surface area contributed by atoms with Crippen LogP contribution in [0.1, 0.15) is 38.8 Å². The van der Waals surface area contributed by atoms with E-state index in [0.29, 0.717) is 11.4 Å². The molecule has 0 saturated carbocycles. The van der Waals surface area contributed by atoms with E-state index in [-0.39, 0.29) is 17.3 Å². The molecule has 0 aliphatic carbocycles. The third kappa shape index (κ3) is 7.83. The molecule has 0 radical (unpaired) electrons. The Morgan fingerprint density at radius 1 is 0.949 bits per heavy atom. The van der Waals surface area contributed by atoms with Gasteiger partial charge in [0.15, 0.2) is 0 Å². The highest BCUT2D eigenvalue weighted by Crippen LogP contribution is 2.25. The lowest BCUT2D eigenvalue weighted by molar-refractivity contribution is -0.140. The van der Waals surface area contributed by atoms with Gasteiger partial charge in [0.05, 0.1) is 17.7 Å². The number of anilines is 1. The Kier molecular flexibility index (Phi) is 9.40. The first-order valence-electron chi connectivity index (χ1n) is 12.7. The summed E-state index contributed by atoms with van der Waals surface area (Å²) in [5.41, 5.74) is 1.44. The summed E-state index contributed by atoms with van der Waals surface area (Å²) in [6.45, 7) is 8.67. The normalized spacial score (nSPS) is 12.4. The van der Waals surface area contributed by atoms with Crippen LogP contribution in [0.15, 0.2) is 83.8 Å². The van der Waals surface area contributed by atoms with Crippen LogP contribution in [0.3, 0.4) is 0 Å². The zero-order valence-electron chi connectivity index (χ0n) is 23.3. The van der Waals surface area contributed by atoms with Gasteiger partial charge in [-0.15, -0.1) is 0 Å². The molecule has 0 fully saturated rings. The molecule has 0 bridgehead atoms. The lowest BCUT2D eigenvalue weighted by atomic mass is 10.1. The van der Waals surface area contributed by atoms with Gasteiger partial charge in [0.2, 0.25) is 11.8 Å². The molecule has 39 heavy (non-hydrogen) atoms. The number of hydrogen-bond donors (Lipinski definition) is 1. The fourth-order valence-electron chi connectivity index (χ4n) is 4.06. The minimum absolute atomic E-state index is 0.0668. The number of rotatable bonds is 10.